The summed E-state index contributed by atoms with van der Waals surface area (Å²) in [4.78, 5) is 12.8. The zero-order valence-corrected chi connectivity index (χ0v) is 15.1. The monoisotopic (exact) mass is 370 g/mol. The van der Waals surface area contributed by atoms with Crippen LogP contribution in [0.25, 0.3) is 5.69 Å². The lowest BCUT2D eigenvalue weighted by atomic mass is 10.1. The number of benzene rings is 2. The third-order valence-electron chi connectivity index (χ3n) is 3.77. The van der Waals surface area contributed by atoms with Gasteiger partial charge in [-0.2, -0.15) is 0 Å². The number of nitrogens with one attached hydrogen (secondary N) is 1. The Hall–Kier alpha value is -2.76. The number of rotatable bonds is 7. The highest BCUT2D eigenvalue weighted by molar-refractivity contribution is 6.31. The quantitative estimate of drug-likeness (QED) is 0.627. The first kappa shape index (κ1) is 18.0. The van der Waals surface area contributed by atoms with Crippen LogP contribution < -0.4 is 10.1 Å². The molecule has 0 aliphatic rings. The molecule has 0 aliphatic heterocycles. The maximum atomic E-state index is 12.8. The Morgan fingerprint density at radius 2 is 1.85 bits per heavy atom. The molecule has 2 aromatic carbocycles. The van der Waals surface area contributed by atoms with Crippen LogP contribution in [0.15, 0.2) is 67.0 Å². The maximum absolute atomic E-state index is 12.8. The zero-order valence-electron chi connectivity index (χ0n) is 14.3. The van der Waals surface area contributed by atoms with Crippen molar-refractivity contribution in [2.24, 2.45) is 0 Å². The van der Waals surface area contributed by atoms with Crippen LogP contribution in [0.3, 0.4) is 0 Å². The fraction of sp³-hybridized carbons (Fsp3) is 0.150. The number of hydrogen-bond donors (Lipinski definition) is 1. The third-order valence-corrected chi connectivity index (χ3v) is 4.00. The predicted octanol–water partition coefficient (Wildman–Crippen LogP) is 4.41. The number of carbonyl (C=O) groups is 1. The molecule has 1 N–H and O–H groups in total. The number of aromatic nitrogens is 1. The molecule has 5 nitrogen and oxygen atoms in total. The van der Waals surface area contributed by atoms with Crippen molar-refractivity contribution in [3.63, 3.8) is 0 Å². The Morgan fingerprint density at radius 3 is 2.62 bits per heavy atom. The van der Waals surface area contributed by atoms with Gasteiger partial charge in [-0.3, -0.25) is 4.79 Å². The summed E-state index contributed by atoms with van der Waals surface area (Å²) in [5.41, 5.74) is 1.90. The van der Waals surface area contributed by atoms with E-state index in [-0.39, 0.29) is 5.91 Å². The molecule has 1 aromatic heterocycles. The van der Waals surface area contributed by atoms with Gasteiger partial charge in [-0.05, 0) is 42.5 Å². The highest BCUT2D eigenvalue weighted by atomic mass is 35.5. The molecular formula is C20H19ClN2O3. The van der Waals surface area contributed by atoms with Crippen molar-refractivity contribution < 1.29 is 14.3 Å². The Bertz CT molecular complexity index is 879. The highest BCUT2D eigenvalue weighted by Crippen LogP contribution is 2.26. The topological polar surface area (TPSA) is 52.5 Å². The molecule has 0 saturated heterocycles. The van der Waals surface area contributed by atoms with E-state index in [0.717, 1.165) is 5.69 Å². The van der Waals surface area contributed by atoms with Crippen molar-refractivity contribution in [1.82, 2.24) is 4.57 Å². The minimum Gasteiger partial charge on any atom is -0.490 e. The number of hydrogen-bond acceptors (Lipinski definition) is 3. The first-order chi connectivity index (χ1) is 12.7. The summed E-state index contributed by atoms with van der Waals surface area (Å²) in [5, 5.41) is 3.54. The van der Waals surface area contributed by atoms with Crippen LogP contribution in [0, 0.1) is 0 Å². The number of methoxy groups -OCH3 is 1. The standard InChI is InChI=1S/C20H19ClN2O3/c1-25-12-13-26-19-7-3-2-6-16(19)20(24)22-17-9-8-15(21)14-18(17)23-10-4-5-11-23/h2-11,14H,12-13H2,1H3,(H,22,24). The van der Waals surface area contributed by atoms with Gasteiger partial charge in [0, 0.05) is 24.5 Å². The van der Waals surface area contributed by atoms with Crippen LogP contribution in [-0.2, 0) is 4.74 Å². The van der Waals surface area contributed by atoms with E-state index in [9.17, 15) is 4.79 Å². The number of para-hydroxylation sites is 1. The number of nitrogens with zero attached hydrogens (tertiary/aromatic N) is 1. The van der Waals surface area contributed by atoms with Gasteiger partial charge in [0.25, 0.3) is 5.91 Å². The number of amides is 1. The van der Waals surface area contributed by atoms with Crippen LogP contribution in [0.1, 0.15) is 10.4 Å². The van der Waals surface area contributed by atoms with Gasteiger partial charge in [0.15, 0.2) is 0 Å². The van der Waals surface area contributed by atoms with Crippen molar-refractivity contribution in [3.05, 3.63) is 77.6 Å². The molecule has 0 unspecified atom stereocenters. The number of halogens is 1. The molecule has 6 heteroatoms. The summed E-state index contributed by atoms with van der Waals surface area (Å²) in [6.45, 7) is 0.821. The van der Waals surface area contributed by atoms with Crippen LogP contribution in [0.2, 0.25) is 5.02 Å². The fourth-order valence-electron chi connectivity index (χ4n) is 2.52. The number of anilines is 1. The second kappa shape index (κ2) is 8.56. The number of ether oxygens (including phenoxy) is 2. The van der Waals surface area contributed by atoms with E-state index in [4.69, 9.17) is 21.1 Å². The molecule has 0 bridgehead atoms. The molecule has 0 radical (unpaired) electrons. The van der Waals surface area contributed by atoms with E-state index in [0.29, 0.717) is 35.2 Å². The van der Waals surface area contributed by atoms with Gasteiger partial charge in [-0.25, -0.2) is 0 Å². The fourth-order valence-corrected chi connectivity index (χ4v) is 2.69. The molecule has 0 atom stereocenters. The SMILES string of the molecule is COCCOc1ccccc1C(=O)Nc1ccc(Cl)cc1-n1cccc1. The highest BCUT2D eigenvalue weighted by Gasteiger charge is 2.15. The molecule has 1 amide bonds. The van der Waals surface area contributed by atoms with Crippen LogP contribution in [-0.4, -0.2) is 30.8 Å². The lowest BCUT2D eigenvalue weighted by molar-refractivity contribution is 0.101. The van der Waals surface area contributed by atoms with E-state index in [1.807, 2.05) is 35.2 Å². The van der Waals surface area contributed by atoms with Crippen molar-refractivity contribution in [3.8, 4) is 11.4 Å². The lowest BCUT2D eigenvalue weighted by Gasteiger charge is -2.14. The smallest absolute Gasteiger partial charge is 0.259 e. The van der Waals surface area contributed by atoms with Crippen LogP contribution in [0.5, 0.6) is 5.75 Å². The Morgan fingerprint density at radius 1 is 1.08 bits per heavy atom. The van der Waals surface area contributed by atoms with Gasteiger partial charge < -0.3 is 19.4 Å². The van der Waals surface area contributed by atoms with Gasteiger partial charge in [-0.1, -0.05) is 23.7 Å². The number of carbonyl (C=O) groups excluding carboxylic acids is 1. The average Bonchev–Trinajstić information content (AvgIpc) is 3.18. The van der Waals surface area contributed by atoms with Crippen molar-refractivity contribution in [1.29, 1.82) is 0 Å². The largest absolute Gasteiger partial charge is 0.490 e. The van der Waals surface area contributed by atoms with E-state index < -0.39 is 0 Å². The molecule has 0 saturated carbocycles. The summed E-state index contributed by atoms with van der Waals surface area (Å²) in [6.07, 6.45) is 3.78. The maximum Gasteiger partial charge on any atom is 0.259 e. The summed E-state index contributed by atoms with van der Waals surface area (Å²) < 4.78 is 12.5. The van der Waals surface area contributed by atoms with E-state index in [1.165, 1.54) is 0 Å². The van der Waals surface area contributed by atoms with Crippen molar-refractivity contribution in [2.75, 3.05) is 25.6 Å². The van der Waals surface area contributed by atoms with E-state index in [2.05, 4.69) is 5.32 Å². The molecule has 0 aliphatic carbocycles. The van der Waals surface area contributed by atoms with Crippen LogP contribution in [0.4, 0.5) is 5.69 Å². The summed E-state index contributed by atoms with van der Waals surface area (Å²) in [6, 6.07) is 16.3. The molecule has 3 aromatic rings. The van der Waals surface area contributed by atoms with Gasteiger partial charge in [0.1, 0.15) is 12.4 Å². The Kier molecular flexibility index (Phi) is 5.94. The van der Waals surface area contributed by atoms with E-state index >= 15 is 0 Å². The summed E-state index contributed by atoms with van der Waals surface area (Å²) >= 11 is 6.13. The second-order valence-corrected chi connectivity index (χ2v) is 5.98. The molecule has 26 heavy (non-hydrogen) atoms. The minimum absolute atomic E-state index is 0.256. The van der Waals surface area contributed by atoms with Crippen LogP contribution >= 0.6 is 11.6 Å². The first-order valence-corrected chi connectivity index (χ1v) is 8.52. The lowest BCUT2D eigenvalue weighted by Crippen LogP contribution is -2.16. The average molecular weight is 371 g/mol. The Balaban J connectivity index is 1.85. The molecule has 134 valence electrons. The molecule has 3 rings (SSSR count). The van der Waals surface area contributed by atoms with Gasteiger partial charge in [-0.15, -0.1) is 0 Å². The molecule has 0 fully saturated rings. The molecular weight excluding hydrogens is 352 g/mol. The second-order valence-electron chi connectivity index (χ2n) is 5.54. The Labute approximate surface area is 157 Å². The molecule has 0 spiro atoms. The molecule has 1 heterocycles. The van der Waals surface area contributed by atoms with Gasteiger partial charge in [0.05, 0.1) is 23.5 Å². The van der Waals surface area contributed by atoms with Gasteiger partial charge in [0.2, 0.25) is 0 Å². The first-order valence-electron chi connectivity index (χ1n) is 8.14. The zero-order chi connectivity index (χ0) is 18.4. The normalized spacial score (nSPS) is 10.5. The van der Waals surface area contributed by atoms with Crippen molar-refractivity contribution in [2.45, 2.75) is 0 Å². The van der Waals surface area contributed by atoms with E-state index in [1.54, 1.807) is 43.5 Å². The van der Waals surface area contributed by atoms with Gasteiger partial charge >= 0.3 is 0 Å². The summed E-state index contributed by atoms with van der Waals surface area (Å²) in [7, 11) is 1.60. The summed E-state index contributed by atoms with van der Waals surface area (Å²) in [5.74, 6) is 0.257. The minimum atomic E-state index is -0.256. The van der Waals surface area contributed by atoms with Crippen molar-refractivity contribution >= 4 is 23.2 Å². The predicted molar refractivity (Wildman–Crippen MR) is 103 cm³/mol. The third kappa shape index (κ3) is 4.25.